The molecule has 0 aromatic carbocycles. The van der Waals surface area contributed by atoms with Crippen molar-refractivity contribution in [2.24, 2.45) is 5.92 Å². The minimum Gasteiger partial charge on any atom is -0.264 e. The maximum Gasteiger partial charge on any atom is 0.252 e. The Labute approximate surface area is 116 Å². The summed E-state index contributed by atoms with van der Waals surface area (Å²) in [7, 11) is 0. The van der Waals surface area contributed by atoms with E-state index in [1.807, 2.05) is 22.8 Å². The molecule has 0 fully saturated rings. The van der Waals surface area contributed by atoms with Gasteiger partial charge in [0.15, 0.2) is 5.82 Å². The lowest BCUT2D eigenvalue weighted by atomic mass is 9.89. The fraction of sp³-hybridized carbons (Fsp3) is 0.333. The summed E-state index contributed by atoms with van der Waals surface area (Å²) in [6, 6.07) is 3.86. The van der Waals surface area contributed by atoms with Crippen molar-refractivity contribution < 1.29 is 0 Å². The van der Waals surface area contributed by atoms with Crippen LogP contribution in [0.4, 0.5) is 0 Å². The second kappa shape index (κ2) is 4.37. The van der Waals surface area contributed by atoms with E-state index in [1.165, 1.54) is 17.7 Å². The van der Waals surface area contributed by atoms with Crippen molar-refractivity contribution in [3.8, 4) is 11.4 Å². The predicted octanol–water partition coefficient (Wildman–Crippen LogP) is 2.31. The van der Waals surface area contributed by atoms with Gasteiger partial charge in [0, 0.05) is 24.2 Å². The lowest BCUT2D eigenvalue weighted by molar-refractivity contribution is 0.485. The largest absolute Gasteiger partial charge is 0.264 e. The maximum atomic E-state index is 4.62. The van der Waals surface area contributed by atoms with Crippen LogP contribution >= 0.6 is 0 Å². The zero-order chi connectivity index (χ0) is 13.5. The van der Waals surface area contributed by atoms with Gasteiger partial charge in [0.05, 0.1) is 5.69 Å². The third kappa shape index (κ3) is 1.78. The van der Waals surface area contributed by atoms with Crippen LogP contribution in [0.15, 0.2) is 30.7 Å². The van der Waals surface area contributed by atoms with Gasteiger partial charge in [-0.2, -0.15) is 4.98 Å². The van der Waals surface area contributed by atoms with Gasteiger partial charge in [0.1, 0.15) is 0 Å². The highest BCUT2D eigenvalue weighted by Gasteiger charge is 2.20. The van der Waals surface area contributed by atoms with E-state index in [1.54, 1.807) is 12.4 Å². The third-order valence-corrected chi connectivity index (χ3v) is 3.91. The zero-order valence-corrected chi connectivity index (χ0v) is 11.3. The molecule has 5 nitrogen and oxygen atoms in total. The maximum absolute atomic E-state index is 4.62. The molecule has 3 aromatic heterocycles. The summed E-state index contributed by atoms with van der Waals surface area (Å²) in [4.78, 5) is 13.1. The Hall–Kier alpha value is -2.30. The summed E-state index contributed by atoms with van der Waals surface area (Å²) in [5, 5.41) is 4.62. The number of rotatable bonds is 1. The summed E-state index contributed by atoms with van der Waals surface area (Å²) >= 11 is 0. The highest BCUT2D eigenvalue weighted by atomic mass is 15.3. The van der Waals surface area contributed by atoms with E-state index in [0.29, 0.717) is 11.6 Å². The Kier molecular flexibility index (Phi) is 2.52. The zero-order valence-electron chi connectivity index (χ0n) is 11.3. The Morgan fingerprint density at radius 3 is 3.10 bits per heavy atom. The molecule has 3 aromatic rings. The molecule has 0 N–H and O–H groups in total. The summed E-state index contributed by atoms with van der Waals surface area (Å²) in [5.74, 6) is 2.10. The van der Waals surface area contributed by atoms with Crippen molar-refractivity contribution in [2.45, 2.75) is 26.2 Å². The summed E-state index contributed by atoms with van der Waals surface area (Å²) < 4.78 is 1.91. The van der Waals surface area contributed by atoms with Gasteiger partial charge in [0.2, 0.25) is 0 Å². The molecule has 0 radical (unpaired) electrons. The number of hydrogen-bond acceptors (Lipinski definition) is 4. The van der Waals surface area contributed by atoms with E-state index in [2.05, 4.69) is 27.0 Å². The van der Waals surface area contributed by atoms with Gasteiger partial charge in [-0.1, -0.05) is 6.92 Å². The molecular formula is C15H15N5. The molecule has 1 aliphatic carbocycles. The molecule has 0 spiro atoms. The minimum atomic E-state index is 0.678. The Balaban J connectivity index is 1.88. The summed E-state index contributed by atoms with van der Waals surface area (Å²) in [6.07, 6.45) is 8.83. The first-order valence-electron chi connectivity index (χ1n) is 6.95. The number of pyridine rings is 1. The predicted molar refractivity (Wildman–Crippen MR) is 75.2 cm³/mol. The molecule has 100 valence electrons. The van der Waals surface area contributed by atoms with E-state index in [9.17, 15) is 0 Å². The first kappa shape index (κ1) is 11.5. The molecule has 0 saturated heterocycles. The Bertz CT molecular complexity index is 763. The fourth-order valence-electron chi connectivity index (χ4n) is 2.83. The van der Waals surface area contributed by atoms with E-state index >= 15 is 0 Å². The second-order valence-corrected chi connectivity index (χ2v) is 5.47. The van der Waals surface area contributed by atoms with Crippen molar-refractivity contribution in [3.05, 3.63) is 42.0 Å². The molecule has 1 unspecified atom stereocenters. The van der Waals surface area contributed by atoms with Crippen molar-refractivity contribution in [1.82, 2.24) is 24.6 Å². The quantitative estimate of drug-likeness (QED) is 0.677. The molecule has 0 bridgehead atoms. The Morgan fingerprint density at radius 2 is 2.25 bits per heavy atom. The van der Waals surface area contributed by atoms with Crippen LogP contribution in [0.25, 0.3) is 17.2 Å². The van der Waals surface area contributed by atoms with Gasteiger partial charge in [-0.25, -0.2) is 9.50 Å². The van der Waals surface area contributed by atoms with Crippen LogP contribution in [0.2, 0.25) is 0 Å². The number of hydrogen-bond donors (Lipinski definition) is 0. The average Bonchev–Trinajstić information content (AvgIpc) is 2.92. The number of aromatic nitrogens is 5. The first-order chi connectivity index (χ1) is 9.81. The van der Waals surface area contributed by atoms with Crippen molar-refractivity contribution in [1.29, 1.82) is 0 Å². The van der Waals surface area contributed by atoms with Gasteiger partial charge < -0.3 is 0 Å². The average molecular weight is 265 g/mol. The van der Waals surface area contributed by atoms with Crippen LogP contribution in [0.3, 0.4) is 0 Å². The van der Waals surface area contributed by atoms with Crippen molar-refractivity contribution in [3.63, 3.8) is 0 Å². The summed E-state index contributed by atoms with van der Waals surface area (Å²) in [5.41, 5.74) is 3.49. The standard InChI is InChI=1S/C15H15N5/c1-10-4-5-13-12(7-10)9-17-15-18-14(19-20(13)15)11-3-2-6-16-8-11/h2-3,6,8-10H,4-5,7H2,1H3. The molecule has 1 atom stereocenters. The van der Waals surface area contributed by atoms with Crippen LogP contribution in [0.1, 0.15) is 24.6 Å². The normalized spacial score (nSPS) is 18.1. The van der Waals surface area contributed by atoms with Crippen LogP contribution < -0.4 is 0 Å². The number of nitrogens with zero attached hydrogens (tertiary/aromatic N) is 5. The number of aryl methyl sites for hydroxylation is 1. The van der Waals surface area contributed by atoms with Gasteiger partial charge in [-0.3, -0.25) is 4.98 Å². The lowest BCUT2D eigenvalue weighted by Crippen LogP contribution is -2.16. The van der Waals surface area contributed by atoms with E-state index in [-0.39, 0.29) is 0 Å². The van der Waals surface area contributed by atoms with Crippen LogP contribution in [-0.2, 0) is 12.8 Å². The highest BCUT2D eigenvalue weighted by molar-refractivity contribution is 5.55. The van der Waals surface area contributed by atoms with Crippen molar-refractivity contribution in [2.75, 3.05) is 0 Å². The molecule has 3 heterocycles. The van der Waals surface area contributed by atoms with E-state index in [0.717, 1.165) is 24.3 Å². The smallest absolute Gasteiger partial charge is 0.252 e. The number of fused-ring (bicyclic) bond motifs is 3. The topological polar surface area (TPSA) is 56.0 Å². The molecule has 1 aliphatic rings. The van der Waals surface area contributed by atoms with Crippen LogP contribution in [0.5, 0.6) is 0 Å². The van der Waals surface area contributed by atoms with E-state index in [4.69, 9.17) is 0 Å². The van der Waals surface area contributed by atoms with Gasteiger partial charge >= 0.3 is 0 Å². The molecule has 4 rings (SSSR count). The van der Waals surface area contributed by atoms with Crippen LogP contribution in [0, 0.1) is 5.92 Å². The minimum absolute atomic E-state index is 0.678. The molecule has 5 heteroatoms. The summed E-state index contributed by atoms with van der Waals surface area (Å²) in [6.45, 7) is 2.29. The first-order valence-corrected chi connectivity index (χ1v) is 6.95. The lowest BCUT2D eigenvalue weighted by Gasteiger charge is -2.20. The molecule has 20 heavy (non-hydrogen) atoms. The third-order valence-electron chi connectivity index (χ3n) is 3.91. The Morgan fingerprint density at radius 1 is 1.30 bits per heavy atom. The fourth-order valence-corrected chi connectivity index (χ4v) is 2.83. The van der Waals surface area contributed by atoms with Gasteiger partial charge in [-0.05, 0) is 42.9 Å². The molecule has 0 amide bonds. The monoisotopic (exact) mass is 265 g/mol. The van der Waals surface area contributed by atoms with Gasteiger partial charge in [0.25, 0.3) is 5.78 Å². The SMILES string of the molecule is CC1CCc2c(cnc3nc(-c4cccnc4)nn23)C1. The second-order valence-electron chi connectivity index (χ2n) is 5.47. The van der Waals surface area contributed by atoms with Crippen molar-refractivity contribution >= 4 is 5.78 Å². The van der Waals surface area contributed by atoms with Crippen LogP contribution in [-0.4, -0.2) is 24.6 Å². The molecule has 0 aliphatic heterocycles. The van der Waals surface area contributed by atoms with E-state index < -0.39 is 0 Å². The molecule has 0 saturated carbocycles. The molecular weight excluding hydrogens is 250 g/mol. The highest BCUT2D eigenvalue weighted by Crippen LogP contribution is 2.25. The van der Waals surface area contributed by atoms with Gasteiger partial charge in [-0.15, -0.1) is 5.10 Å².